The molecule has 0 aromatic heterocycles. The number of nitrogens with zero attached hydrogens (tertiary/aromatic N) is 1. The van der Waals surface area contributed by atoms with Crippen LogP contribution in [0.4, 0.5) is 11.4 Å². The van der Waals surface area contributed by atoms with E-state index in [-0.39, 0.29) is 22.9 Å². The van der Waals surface area contributed by atoms with Crippen LogP contribution in [0.2, 0.25) is 5.02 Å². The van der Waals surface area contributed by atoms with Crippen molar-refractivity contribution in [3.05, 3.63) is 53.1 Å². The first-order valence-electron chi connectivity index (χ1n) is 8.18. The first kappa shape index (κ1) is 19.7. The van der Waals surface area contributed by atoms with Crippen LogP contribution < -0.4 is 10.6 Å². The third-order valence-corrected chi connectivity index (χ3v) is 5.38. The van der Waals surface area contributed by atoms with Crippen LogP contribution in [0.3, 0.4) is 0 Å². The SMILES string of the molecule is N#Cc1ccc(NC(=O)COC(=O)CC2Sc3ccccc3NC2=O)cc1Cl. The van der Waals surface area contributed by atoms with Gasteiger partial charge in [0.15, 0.2) is 6.61 Å². The summed E-state index contributed by atoms with van der Waals surface area (Å²) in [5.41, 5.74) is 1.38. The van der Waals surface area contributed by atoms with Crippen molar-refractivity contribution in [3.8, 4) is 6.07 Å². The molecular formula is C19H14ClN3O4S. The largest absolute Gasteiger partial charge is 0.456 e. The lowest BCUT2D eigenvalue weighted by atomic mass is 10.2. The van der Waals surface area contributed by atoms with Crippen molar-refractivity contribution in [1.82, 2.24) is 0 Å². The summed E-state index contributed by atoms with van der Waals surface area (Å²) in [4.78, 5) is 36.9. The number of amides is 2. The van der Waals surface area contributed by atoms with E-state index in [0.29, 0.717) is 11.4 Å². The minimum Gasteiger partial charge on any atom is -0.456 e. The third kappa shape index (κ3) is 4.82. The molecule has 0 radical (unpaired) electrons. The smallest absolute Gasteiger partial charge is 0.307 e. The van der Waals surface area contributed by atoms with Gasteiger partial charge in [0.1, 0.15) is 6.07 Å². The molecule has 1 heterocycles. The minimum absolute atomic E-state index is 0.152. The molecule has 1 aliphatic rings. The van der Waals surface area contributed by atoms with Gasteiger partial charge in [-0.15, -0.1) is 11.8 Å². The van der Waals surface area contributed by atoms with E-state index < -0.39 is 23.7 Å². The number of anilines is 2. The van der Waals surface area contributed by atoms with Gasteiger partial charge in [-0.2, -0.15) is 5.26 Å². The summed E-state index contributed by atoms with van der Waals surface area (Å²) in [6.07, 6.45) is -0.152. The minimum atomic E-state index is -0.653. The van der Waals surface area contributed by atoms with E-state index in [1.54, 1.807) is 6.07 Å². The Balaban J connectivity index is 1.49. The van der Waals surface area contributed by atoms with Gasteiger partial charge in [0.05, 0.1) is 27.9 Å². The molecule has 0 saturated carbocycles. The number of halogens is 1. The Bertz CT molecular complexity index is 989. The van der Waals surface area contributed by atoms with E-state index in [2.05, 4.69) is 10.6 Å². The quantitative estimate of drug-likeness (QED) is 0.726. The molecule has 2 aromatic rings. The molecule has 1 unspecified atom stereocenters. The molecule has 0 aliphatic carbocycles. The van der Waals surface area contributed by atoms with Crippen molar-refractivity contribution >= 4 is 52.5 Å². The topological polar surface area (TPSA) is 108 Å². The van der Waals surface area contributed by atoms with Crippen LogP contribution in [-0.2, 0) is 19.1 Å². The van der Waals surface area contributed by atoms with E-state index >= 15 is 0 Å². The second-order valence-electron chi connectivity index (χ2n) is 5.81. The first-order chi connectivity index (χ1) is 13.5. The van der Waals surface area contributed by atoms with Crippen LogP contribution in [0, 0.1) is 11.3 Å². The highest BCUT2D eigenvalue weighted by Crippen LogP contribution is 2.36. The van der Waals surface area contributed by atoms with Crippen LogP contribution in [0.25, 0.3) is 0 Å². The number of hydrogen-bond donors (Lipinski definition) is 2. The number of esters is 1. The number of rotatable bonds is 5. The Morgan fingerprint density at radius 1 is 1.29 bits per heavy atom. The van der Waals surface area contributed by atoms with Gasteiger partial charge >= 0.3 is 5.97 Å². The zero-order valence-electron chi connectivity index (χ0n) is 14.4. The molecule has 2 N–H and O–H groups in total. The lowest BCUT2D eigenvalue weighted by molar-refractivity contribution is -0.147. The molecule has 9 heteroatoms. The van der Waals surface area contributed by atoms with E-state index in [0.717, 1.165) is 4.90 Å². The van der Waals surface area contributed by atoms with Crippen LogP contribution in [0.15, 0.2) is 47.4 Å². The predicted octanol–water partition coefficient (Wildman–Crippen LogP) is 3.20. The summed E-state index contributed by atoms with van der Waals surface area (Å²) in [5.74, 6) is -1.49. The molecule has 1 atom stereocenters. The van der Waals surface area contributed by atoms with Crippen molar-refractivity contribution in [2.24, 2.45) is 0 Å². The van der Waals surface area contributed by atoms with E-state index in [1.807, 2.05) is 24.3 Å². The molecule has 28 heavy (non-hydrogen) atoms. The van der Waals surface area contributed by atoms with Gasteiger partial charge in [-0.05, 0) is 30.3 Å². The number of para-hydroxylation sites is 1. The molecule has 2 aromatic carbocycles. The molecule has 2 amide bonds. The molecule has 7 nitrogen and oxygen atoms in total. The number of nitrogens with one attached hydrogen (secondary N) is 2. The van der Waals surface area contributed by atoms with Gasteiger partial charge in [0.2, 0.25) is 5.91 Å². The summed E-state index contributed by atoms with van der Waals surface area (Å²) < 4.78 is 4.96. The summed E-state index contributed by atoms with van der Waals surface area (Å²) in [5, 5.41) is 13.7. The summed E-state index contributed by atoms with van der Waals surface area (Å²) in [6, 6.07) is 13.6. The number of nitriles is 1. The summed E-state index contributed by atoms with van der Waals surface area (Å²) in [7, 11) is 0. The van der Waals surface area contributed by atoms with E-state index in [1.165, 1.54) is 30.0 Å². The van der Waals surface area contributed by atoms with Gasteiger partial charge in [-0.25, -0.2) is 0 Å². The molecule has 0 saturated heterocycles. The Labute approximate surface area is 170 Å². The highest BCUT2D eigenvalue weighted by atomic mass is 35.5. The number of benzene rings is 2. The highest BCUT2D eigenvalue weighted by molar-refractivity contribution is 8.01. The molecule has 0 bridgehead atoms. The summed E-state index contributed by atoms with van der Waals surface area (Å²) >= 11 is 7.18. The van der Waals surface area contributed by atoms with Crippen LogP contribution in [0.1, 0.15) is 12.0 Å². The molecular weight excluding hydrogens is 402 g/mol. The first-order valence-corrected chi connectivity index (χ1v) is 9.43. The molecule has 0 spiro atoms. The summed E-state index contributed by atoms with van der Waals surface area (Å²) in [6.45, 7) is -0.494. The average molecular weight is 416 g/mol. The number of carbonyl (C=O) groups is 3. The zero-order valence-corrected chi connectivity index (χ0v) is 16.0. The Morgan fingerprint density at radius 2 is 2.07 bits per heavy atom. The molecule has 3 rings (SSSR count). The maximum Gasteiger partial charge on any atom is 0.307 e. The van der Waals surface area contributed by atoms with Gasteiger partial charge in [-0.3, -0.25) is 14.4 Å². The average Bonchev–Trinajstić information content (AvgIpc) is 2.67. The standard InChI is InChI=1S/C19H14ClN3O4S/c20-13-7-12(6-5-11(13)9-21)22-17(24)10-27-18(25)8-16-19(26)23-14-3-1-2-4-15(14)28-16/h1-7,16H,8,10H2,(H,22,24)(H,23,26). The number of fused-ring (bicyclic) bond motifs is 1. The fourth-order valence-electron chi connectivity index (χ4n) is 2.46. The van der Waals surface area contributed by atoms with Gasteiger partial charge in [-0.1, -0.05) is 23.7 Å². The predicted molar refractivity (Wildman–Crippen MR) is 105 cm³/mol. The number of hydrogen-bond acceptors (Lipinski definition) is 6. The van der Waals surface area contributed by atoms with Crippen molar-refractivity contribution in [2.45, 2.75) is 16.6 Å². The van der Waals surface area contributed by atoms with Crippen molar-refractivity contribution in [3.63, 3.8) is 0 Å². The van der Waals surface area contributed by atoms with Crippen molar-refractivity contribution < 1.29 is 19.1 Å². The number of ether oxygens (including phenoxy) is 1. The monoisotopic (exact) mass is 415 g/mol. The van der Waals surface area contributed by atoms with Gasteiger partial charge in [0, 0.05) is 10.6 Å². The third-order valence-electron chi connectivity index (χ3n) is 3.80. The normalized spacial score (nSPS) is 15.0. The second kappa shape index (κ2) is 8.78. The van der Waals surface area contributed by atoms with Gasteiger partial charge in [0.25, 0.3) is 5.91 Å². The molecule has 1 aliphatic heterocycles. The fourth-order valence-corrected chi connectivity index (χ4v) is 3.78. The number of carbonyl (C=O) groups excluding carboxylic acids is 3. The Hall–Kier alpha value is -3.02. The van der Waals surface area contributed by atoms with Crippen LogP contribution >= 0.6 is 23.4 Å². The van der Waals surface area contributed by atoms with Crippen molar-refractivity contribution in [1.29, 1.82) is 5.26 Å². The second-order valence-corrected chi connectivity index (χ2v) is 7.46. The Kier molecular flexibility index (Phi) is 6.19. The molecule has 142 valence electrons. The highest BCUT2D eigenvalue weighted by Gasteiger charge is 2.29. The van der Waals surface area contributed by atoms with Gasteiger partial charge < -0.3 is 15.4 Å². The fraction of sp³-hybridized carbons (Fsp3) is 0.158. The maximum atomic E-state index is 12.1. The molecule has 0 fully saturated rings. The zero-order chi connectivity index (χ0) is 20.1. The van der Waals surface area contributed by atoms with E-state index in [9.17, 15) is 14.4 Å². The lowest BCUT2D eigenvalue weighted by Crippen LogP contribution is -2.32. The maximum absolute atomic E-state index is 12.1. The van der Waals surface area contributed by atoms with E-state index in [4.69, 9.17) is 21.6 Å². The van der Waals surface area contributed by atoms with Crippen LogP contribution in [0.5, 0.6) is 0 Å². The van der Waals surface area contributed by atoms with Crippen molar-refractivity contribution in [2.75, 3.05) is 17.2 Å². The van der Waals surface area contributed by atoms with Crippen LogP contribution in [-0.4, -0.2) is 29.6 Å². The number of thioether (sulfide) groups is 1. The Morgan fingerprint density at radius 3 is 2.82 bits per heavy atom. The lowest BCUT2D eigenvalue weighted by Gasteiger charge is -2.23.